The summed E-state index contributed by atoms with van der Waals surface area (Å²) in [5.41, 5.74) is 1.85. The van der Waals surface area contributed by atoms with E-state index >= 15 is 0 Å². The number of carbonyl (C=O) groups excluding carboxylic acids is 1. The van der Waals surface area contributed by atoms with Crippen molar-refractivity contribution in [3.8, 4) is 0 Å². The van der Waals surface area contributed by atoms with Gasteiger partial charge in [-0.3, -0.25) is 4.79 Å². The minimum absolute atomic E-state index is 0.0273. The van der Waals surface area contributed by atoms with Crippen molar-refractivity contribution in [3.63, 3.8) is 0 Å². The van der Waals surface area contributed by atoms with Gasteiger partial charge >= 0.3 is 0 Å². The van der Waals surface area contributed by atoms with Crippen molar-refractivity contribution in [2.45, 2.75) is 10.6 Å². The zero-order chi connectivity index (χ0) is 17.2. The molecule has 2 rings (SSSR count). The maximum atomic E-state index is 12.3. The summed E-state index contributed by atoms with van der Waals surface area (Å²) < 4.78 is 0. The van der Waals surface area contributed by atoms with Crippen molar-refractivity contribution < 1.29 is 4.79 Å². The maximum Gasteiger partial charge on any atom is 0.252 e. The van der Waals surface area contributed by atoms with Gasteiger partial charge in [-0.25, -0.2) is 0 Å². The zero-order valence-corrected chi connectivity index (χ0v) is 15.7. The molecule has 0 radical (unpaired) electrons. The van der Waals surface area contributed by atoms with Crippen molar-refractivity contribution in [3.05, 3.63) is 77.3 Å². The van der Waals surface area contributed by atoms with Crippen molar-refractivity contribution in [2.75, 3.05) is 18.1 Å². The molecule has 0 aliphatic carbocycles. The molecule has 0 atom stereocenters. The molecular weight excluding hydrogens is 358 g/mol. The summed E-state index contributed by atoms with van der Waals surface area (Å²) in [7, 11) is 0. The van der Waals surface area contributed by atoms with E-state index < -0.39 is 0 Å². The minimum atomic E-state index is -0.0273. The predicted molar refractivity (Wildman–Crippen MR) is 107 cm³/mol. The Hall–Kier alpha value is -1.36. The highest BCUT2D eigenvalue weighted by molar-refractivity contribution is 7.99. The standard InChI is InChI=1S/C19H20ClNOS2/c1-2-12-24-18-10-6-4-8-16(18)19(22)21-11-13-23-14-15-7-3-5-9-17(15)20/h2-10H,1,11-14H2,(H,21,22). The van der Waals surface area contributed by atoms with Gasteiger partial charge < -0.3 is 5.32 Å². The molecule has 2 aromatic rings. The second-order valence-electron chi connectivity index (χ2n) is 5.00. The molecule has 2 aromatic carbocycles. The van der Waals surface area contributed by atoms with Crippen molar-refractivity contribution in [1.29, 1.82) is 0 Å². The van der Waals surface area contributed by atoms with E-state index in [0.717, 1.165) is 38.3 Å². The predicted octanol–water partition coefficient (Wildman–Crippen LogP) is 5.28. The molecule has 0 aliphatic rings. The Morgan fingerprint density at radius 3 is 2.71 bits per heavy atom. The number of thioether (sulfide) groups is 2. The van der Waals surface area contributed by atoms with Crippen molar-refractivity contribution in [2.24, 2.45) is 0 Å². The van der Waals surface area contributed by atoms with Crippen LogP contribution in [0.5, 0.6) is 0 Å². The van der Waals surface area contributed by atoms with Gasteiger partial charge in [-0.2, -0.15) is 11.8 Å². The van der Waals surface area contributed by atoms with Crippen LogP contribution in [0.2, 0.25) is 5.02 Å². The minimum Gasteiger partial charge on any atom is -0.351 e. The van der Waals surface area contributed by atoms with Crippen LogP contribution in [0, 0.1) is 0 Å². The number of hydrogen-bond acceptors (Lipinski definition) is 3. The largest absolute Gasteiger partial charge is 0.351 e. The second-order valence-corrected chi connectivity index (χ2v) is 7.57. The van der Waals surface area contributed by atoms with Gasteiger partial charge in [0.05, 0.1) is 5.56 Å². The molecule has 24 heavy (non-hydrogen) atoms. The van der Waals surface area contributed by atoms with Crippen LogP contribution in [0.4, 0.5) is 0 Å². The molecule has 2 nitrogen and oxygen atoms in total. The van der Waals surface area contributed by atoms with E-state index in [1.54, 1.807) is 23.5 Å². The van der Waals surface area contributed by atoms with Crippen LogP contribution in [-0.2, 0) is 5.75 Å². The number of rotatable bonds is 9. The zero-order valence-electron chi connectivity index (χ0n) is 13.3. The molecule has 0 aromatic heterocycles. The molecule has 0 aliphatic heterocycles. The summed E-state index contributed by atoms with van der Waals surface area (Å²) in [4.78, 5) is 13.3. The molecule has 126 valence electrons. The first kappa shape index (κ1) is 19.0. The normalized spacial score (nSPS) is 10.4. The fraction of sp³-hybridized carbons (Fsp3) is 0.211. The van der Waals surface area contributed by atoms with Crippen LogP contribution in [0.15, 0.2) is 66.1 Å². The maximum absolute atomic E-state index is 12.3. The first-order valence-corrected chi connectivity index (χ1v) is 10.2. The number of amides is 1. The second kappa shape index (κ2) is 10.5. The van der Waals surface area contributed by atoms with E-state index in [9.17, 15) is 4.79 Å². The summed E-state index contributed by atoms with van der Waals surface area (Å²) in [6.07, 6.45) is 1.84. The van der Waals surface area contributed by atoms with Crippen LogP contribution in [0.1, 0.15) is 15.9 Å². The summed E-state index contributed by atoms with van der Waals surface area (Å²) in [5.74, 6) is 2.46. The number of halogens is 1. The Balaban J connectivity index is 1.77. The first-order valence-electron chi connectivity index (χ1n) is 7.64. The Morgan fingerprint density at radius 2 is 1.92 bits per heavy atom. The van der Waals surface area contributed by atoms with E-state index in [-0.39, 0.29) is 5.91 Å². The molecule has 0 fully saturated rings. The lowest BCUT2D eigenvalue weighted by Gasteiger charge is -2.09. The highest BCUT2D eigenvalue weighted by Gasteiger charge is 2.10. The fourth-order valence-corrected chi connectivity index (χ4v) is 3.99. The van der Waals surface area contributed by atoms with Crippen LogP contribution < -0.4 is 5.32 Å². The van der Waals surface area contributed by atoms with Gasteiger partial charge in [0, 0.05) is 33.7 Å². The topological polar surface area (TPSA) is 29.1 Å². The van der Waals surface area contributed by atoms with E-state index in [0.29, 0.717) is 6.54 Å². The van der Waals surface area contributed by atoms with Crippen LogP contribution >= 0.6 is 35.1 Å². The SMILES string of the molecule is C=CCSc1ccccc1C(=O)NCCSCc1ccccc1Cl. The fourth-order valence-electron chi connectivity index (χ4n) is 2.06. The first-order chi connectivity index (χ1) is 11.7. The summed E-state index contributed by atoms with van der Waals surface area (Å²) in [5, 5.41) is 3.78. The molecule has 0 unspecified atom stereocenters. The summed E-state index contributed by atoms with van der Waals surface area (Å²) in [6.45, 7) is 4.35. The van der Waals surface area contributed by atoms with Gasteiger partial charge in [-0.1, -0.05) is 48.0 Å². The van der Waals surface area contributed by atoms with Crippen LogP contribution in [0.25, 0.3) is 0 Å². The number of carbonyl (C=O) groups is 1. The monoisotopic (exact) mass is 377 g/mol. The van der Waals surface area contributed by atoms with Gasteiger partial charge in [-0.05, 0) is 23.8 Å². The molecule has 0 saturated heterocycles. The van der Waals surface area contributed by atoms with Crippen LogP contribution in [-0.4, -0.2) is 24.0 Å². The number of hydrogen-bond donors (Lipinski definition) is 1. The Kier molecular flexibility index (Phi) is 8.29. The van der Waals surface area contributed by atoms with E-state index in [1.165, 1.54) is 0 Å². The van der Waals surface area contributed by atoms with Gasteiger partial charge in [-0.15, -0.1) is 18.3 Å². The lowest BCUT2D eigenvalue weighted by molar-refractivity contribution is 0.0953. The number of benzene rings is 2. The molecule has 0 spiro atoms. The molecule has 0 bridgehead atoms. The lowest BCUT2D eigenvalue weighted by atomic mass is 10.2. The van der Waals surface area contributed by atoms with Gasteiger partial charge in [0.2, 0.25) is 0 Å². The Bertz CT molecular complexity index is 691. The molecule has 5 heteroatoms. The smallest absolute Gasteiger partial charge is 0.252 e. The number of nitrogens with one attached hydrogen (secondary N) is 1. The Morgan fingerprint density at radius 1 is 1.17 bits per heavy atom. The Labute approximate surface area is 157 Å². The van der Waals surface area contributed by atoms with Gasteiger partial charge in [0.1, 0.15) is 0 Å². The summed E-state index contributed by atoms with van der Waals surface area (Å²) >= 11 is 9.51. The molecule has 1 amide bonds. The molecule has 0 heterocycles. The molecule has 0 saturated carbocycles. The summed E-state index contributed by atoms with van der Waals surface area (Å²) in [6, 6.07) is 15.5. The highest BCUT2D eigenvalue weighted by atomic mass is 35.5. The van der Waals surface area contributed by atoms with Crippen LogP contribution in [0.3, 0.4) is 0 Å². The third kappa shape index (κ3) is 5.93. The van der Waals surface area contributed by atoms with E-state index in [4.69, 9.17) is 11.6 Å². The lowest BCUT2D eigenvalue weighted by Crippen LogP contribution is -2.26. The van der Waals surface area contributed by atoms with Gasteiger partial charge in [0.15, 0.2) is 0 Å². The quantitative estimate of drug-likeness (QED) is 0.366. The molecular formula is C19H20ClNOS2. The van der Waals surface area contributed by atoms with Crippen molar-refractivity contribution in [1.82, 2.24) is 5.32 Å². The molecule has 1 N–H and O–H groups in total. The van der Waals surface area contributed by atoms with E-state index in [2.05, 4.69) is 11.9 Å². The van der Waals surface area contributed by atoms with Crippen molar-refractivity contribution >= 4 is 41.0 Å². The highest BCUT2D eigenvalue weighted by Crippen LogP contribution is 2.23. The third-order valence-corrected chi connectivity index (χ3v) is 5.68. The average molecular weight is 378 g/mol. The third-order valence-electron chi connectivity index (χ3n) is 3.24. The van der Waals surface area contributed by atoms with E-state index in [1.807, 2.05) is 54.6 Å². The average Bonchev–Trinajstić information content (AvgIpc) is 2.61. The van der Waals surface area contributed by atoms with Gasteiger partial charge in [0.25, 0.3) is 5.91 Å².